The van der Waals surface area contributed by atoms with Crippen molar-refractivity contribution in [2.45, 2.75) is 13.8 Å². The van der Waals surface area contributed by atoms with E-state index in [4.69, 9.17) is 5.26 Å². The molecule has 0 rings (SSSR count). The molecule has 0 aromatic rings. The summed E-state index contributed by atoms with van der Waals surface area (Å²) in [6.07, 6.45) is 3.34. The minimum atomic E-state index is 0.267. The SMILES string of the molecule is CN=CC(=NC#N)C(C)C. The van der Waals surface area contributed by atoms with Crippen LogP contribution in [0.5, 0.6) is 0 Å². The fourth-order valence-corrected chi connectivity index (χ4v) is 0.497. The number of nitriles is 1. The first kappa shape index (κ1) is 8.83. The second kappa shape index (κ2) is 4.68. The molecule has 10 heavy (non-hydrogen) atoms. The Labute approximate surface area is 61.1 Å². The van der Waals surface area contributed by atoms with Crippen LogP contribution in [-0.4, -0.2) is 19.0 Å². The Bertz CT molecular complexity index is 184. The predicted octanol–water partition coefficient (Wildman–Crippen LogP) is 1.27. The first-order valence-corrected chi connectivity index (χ1v) is 3.11. The summed E-state index contributed by atoms with van der Waals surface area (Å²) in [5, 5.41) is 8.21. The van der Waals surface area contributed by atoms with Crippen molar-refractivity contribution in [2.75, 3.05) is 7.05 Å². The van der Waals surface area contributed by atoms with Crippen LogP contribution in [0, 0.1) is 17.4 Å². The van der Waals surface area contributed by atoms with Crippen molar-refractivity contribution in [2.24, 2.45) is 15.9 Å². The molecule has 0 bridgehead atoms. The Morgan fingerprint density at radius 1 is 1.60 bits per heavy atom. The van der Waals surface area contributed by atoms with E-state index in [2.05, 4.69) is 9.98 Å². The van der Waals surface area contributed by atoms with Crippen molar-refractivity contribution in [3.63, 3.8) is 0 Å². The van der Waals surface area contributed by atoms with Crippen LogP contribution in [0.2, 0.25) is 0 Å². The summed E-state index contributed by atoms with van der Waals surface area (Å²) in [6, 6.07) is 0. The third kappa shape index (κ3) is 2.98. The van der Waals surface area contributed by atoms with Gasteiger partial charge in [0.25, 0.3) is 0 Å². The van der Waals surface area contributed by atoms with E-state index >= 15 is 0 Å². The van der Waals surface area contributed by atoms with Gasteiger partial charge in [0.2, 0.25) is 6.19 Å². The van der Waals surface area contributed by atoms with Gasteiger partial charge in [0.1, 0.15) is 0 Å². The molecular weight excluding hydrogens is 126 g/mol. The quantitative estimate of drug-likeness (QED) is 0.417. The second-order valence-electron chi connectivity index (χ2n) is 2.18. The van der Waals surface area contributed by atoms with Crippen molar-refractivity contribution >= 4 is 11.9 Å². The van der Waals surface area contributed by atoms with Gasteiger partial charge in [-0.25, -0.2) is 0 Å². The molecule has 0 fully saturated rings. The third-order valence-corrected chi connectivity index (χ3v) is 1.03. The van der Waals surface area contributed by atoms with Gasteiger partial charge in [-0.05, 0) is 5.92 Å². The van der Waals surface area contributed by atoms with E-state index in [1.807, 2.05) is 13.8 Å². The van der Waals surface area contributed by atoms with Crippen LogP contribution in [-0.2, 0) is 0 Å². The van der Waals surface area contributed by atoms with E-state index in [1.54, 1.807) is 19.5 Å². The zero-order chi connectivity index (χ0) is 7.98. The highest BCUT2D eigenvalue weighted by atomic mass is 14.8. The van der Waals surface area contributed by atoms with E-state index in [0.29, 0.717) is 0 Å². The smallest absolute Gasteiger partial charge is 0.205 e. The van der Waals surface area contributed by atoms with E-state index in [9.17, 15) is 0 Å². The molecule has 0 aliphatic rings. The molecule has 0 saturated heterocycles. The van der Waals surface area contributed by atoms with E-state index in [-0.39, 0.29) is 5.92 Å². The highest BCUT2D eigenvalue weighted by Crippen LogP contribution is 1.93. The fraction of sp³-hybridized carbons (Fsp3) is 0.571. The van der Waals surface area contributed by atoms with Crippen molar-refractivity contribution in [1.82, 2.24) is 0 Å². The molecule has 0 unspecified atom stereocenters. The molecule has 0 amide bonds. The number of aliphatic imine (C=N–C) groups is 2. The topological polar surface area (TPSA) is 48.5 Å². The van der Waals surface area contributed by atoms with Gasteiger partial charge >= 0.3 is 0 Å². The molecule has 0 aromatic carbocycles. The Kier molecular flexibility index (Phi) is 4.14. The molecule has 54 valence electrons. The average Bonchev–Trinajstić information content (AvgIpc) is 1.87. The number of rotatable bonds is 2. The first-order chi connectivity index (χ1) is 4.72. The summed E-state index contributed by atoms with van der Waals surface area (Å²) in [6.45, 7) is 3.94. The van der Waals surface area contributed by atoms with Gasteiger partial charge in [0.05, 0.1) is 5.71 Å². The molecule has 0 aliphatic carbocycles. The van der Waals surface area contributed by atoms with Crippen LogP contribution in [0.25, 0.3) is 0 Å². The molecule has 0 saturated carbocycles. The van der Waals surface area contributed by atoms with Crippen molar-refractivity contribution < 1.29 is 0 Å². The summed E-state index contributed by atoms with van der Waals surface area (Å²) < 4.78 is 0. The molecule has 3 nitrogen and oxygen atoms in total. The fourth-order valence-electron chi connectivity index (χ4n) is 0.497. The second-order valence-corrected chi connectivity index (χ2v) is 2.18. The lowest BCUT2D eigenvalue weighted by molar-refractivity contribution is 0.896. The maximum atomic E-state index is 8.21. The van der Waals surface area contributed by atoms with E-state index in [1.165, 1.54) is 0 Å². The Hall–Kier alpha value is -1.17. The molecule has 0 aromatic heterocycles. The zero-order valence-corrected chi connectivity index (χ0v) is 6.50. The van der Waals surface area contributed by atoms with Crippen LogP contribution >= 0.6 is 0 Å². The molecule has 0 heterocycles. The Morgan fingerprint density at radius 3 is 2.50 bits per heavy atom. The maximum absolute atomic E-state index is 8.21. The average molecular weight is 137 g/mol. The Morgan fingerprint density at radius 2 is 2.20 bits per heavy atom. The molecule has 0 atom stereocenters. The van der Waals surface area contributed by atoms with Gasteiger partial charge in [-0.1, -0.05) is 13.8 Å². The molecule has 0 spiro atoms. The standard InChI is InChI=1S/C7H11N3/c1-6(2)7(4-9-3)10-5-8/h4,6H,1-3H3. The summed E-state index contributed by atoms with van der Waals surface area (Å²) in [4.78, 5) is 7.36. The first-order valence-electron chi connectivity index (χ1n) is 3.11. The van der Waals surface area contributed by atoms with Crippen LogP contribution in [0.3, 0.4) is 0 Å². The van der Waals surface area contributed by atoms with Crippen LogP contribution in [0.15, 0.2) is 9.98 Å². The van der Waals surface area contributed by atoms with Gasteiger partial charge in [-0.2, -0.15) is 10.3 Å². The minimum absolute atomic E-state index is 0.267. The van der Waals surface area contributed by atoms with Crippen molar-refractivity contribution in [3.8, 4) is 6.19 Å². The Balaban J connectivity index is 4.30. The summed E-state index contributed by atoms with van der Waals surface area (Å²) in [5.74, 6) is 0.267. The summed E-state index contributed by atoms with van der Waals surface area (Å²) in [7, 11) is 1.66. The van der Waals surface area contributed by atoms with Gasteiger partial charge < -0.3 is 0 Å². The third-order valence-electron chi connectivity index (χ3n) is 1.03. The van der Waals surface area contributed by atoms with Crippen molar-refractivity contribution in [1.29, 1.82) is 5.26 Å². The molecule has 0 radical (unpaired) electrons. The van der Waals surface area contributed by atoms with E-state index < -0.39 is 0 Å². The maximum Gasteiger partial charge on any atom is 0.205 e. The van der Waals surface area contributed by atoms with Gasteiger partial charge in [-0.3, -0.25) is 4.99 Å². The number of nitrogens with zero attached hydrogens (tertiary/aromatic N) is 3. The predicted molar refractivity (Wildman–Crippen MR) is 42.3 cm³/mol. The summed E-state index contributed by atoms with van der Waals surface area (Å²) >= 11 is 0. The van der Waals surface area contributed by atoms with Crippen LogP contribution in [0.4, 0.5) is 0 Å². The lowest BCUT2D eigenvalue weighted by atomic mass is 10.1. The van der Waals surface area contributed by atoms with Crippen molar-refractivity contribution in [3.05, 3.63) is 0 Å². The van der Waals surface area contributed by atoms with Crippen LogP contribution < -0.4 is 0 Å². The van der Waals surface area contributed by atoms with Gasteiger partial charge in [0.15, 0.2) is 0 Å². The normalized spacial score (nSPS) is 12.5. The monoisotopic (exact) mass is 137 g/mol. The summed E-state index contributed by atoms with van der Waals surface area (Å²) in [5.41, 5.74) is 0.727. The molecular formula is C7H11N3. The van der Waals surface area contributed by atoms with Crippen LogP contribution in [0.1, 0.15) is 13.8 Å². The number of hydrogen-bond donors (Lipinski definition) is 0. The van der Waals surface area contributed by atoms with Gasteiger partial charge in [-0.15, -0.1) is 0 Å². The number of hydrogen-bond acceptors (Lipinski definition) is 3. The zero-order valence-electron chi connectivity index (χ0n) is 6.50. The highest BCUT2D eigenvalue weighted by Gasteiger charge is 1.99. The molecule has 3 heteroatoms. The molecule has 0 N–H and O–H groups in total. The largest absolute Gasteiger partial charge is 0.295 e. The van der Waals surface area contributed by atoms with Gasteiger partial charge in [0, 0.05) is 13.3 Å². The minimum Gasteiger partial charge on any atom is -0.295 e. The lowest BCUT2D eigenvalue weighted by Crippen LogP contribution is -2.08. The lowest BCUT2D eigenvalue weighted by Gasteiger charge is -1.98. The molecule has 0 aliphatic heterocycles. The highest BCUT2D eigenvalue weighted by molar-refractivity contribution is 6.31. The van der Waals surface area contributed by atoms with E-state index in [0.717, 1.165) is 5.71 Å².